The van der Waals surface area contributed by atoms with Crippen LogP contribution in [-0.2, 0) is 14.3 Å². The molecule has 0 saturated heterocycles. The van der Waals surface area contributed by atoms with Crippen LogP contribution < -0.4 is 5.32 Å². The van der Waals surface area contributed by atoms with Gasteiger partial charge in [-0.1, -0.05) is 0 Å². The van der Waals surface area contributed by atoms with Crippen LogP contribution in [0, 0.1) is 25.5 Å². The van der Waals surface area contributed by atoms with E-state index in [2.05, 4.69) is 15.5 Å². The number of anilines is 1. The Bertz CT molecular complexity index is 785. The number of benzene rings is 1. The summed E-state index contributed by atoms with van der Waals surface area (Å²) in [6.45, 7) is 6.53. The molecular weight excluding hydrogens is 332 g/mol. The summed E-state index contributed by atoms with van der Waals surface area (Å²) >= 11 is 0. The molecule has 8 heteroatoms. The number of amides is 1. The Morgan fingerprint density at radius 2 is 1.92 bits per heavy atom. The Morgan fingerprint density at radius 3 is 2.52 bits per heavy atom. The lowest BCUT2D eigenvalue weighted by Crippen LogP contribution is -2.31. The number of esters is 1. The van der Waals surface area contributed by atoms with Gasteiger partial charge in [0.25, 0.3) is 5.91 Å². The average Bonchev–Trinajstić information content (AvgIpc) is 2.88. The molecule has 0 spiro atoms. The van der Waals surface area contributed by atoms with Gasteiger partial charge < -0.3 is 10.1 Å². The molecule has 1 aromatic carbocycles. The highest BCUT2D eigenvalue weighted by atomic mass is 19.1. The molecule has 1 heterocycles. The maximum Gasteiger partial charge on any atom is 0.314 e. The third kappa shape index (κ3) is 4.20. The Hall–Kier alpha value is -2.77. The highest BCUT2D eigenvalue weighted by molar-refractivity contribution is 5.95. The minimum atomic E-state index is -1.18. The van der Waals surface area contributed by atoms with Crippen LogP contribution in [0.4, 0.5) is 14.5 Å². The van der Waals surface area contributed by atoms with Crippen molar-refractivity contribution in [2.24, 2.45) is 0 Å². The van der Waals surface area contributed by atoms with Crippen molar-refractivity contribution in [1.29, 1.82) is 0 Å². The Morgan fingerprint density at radius 1 is 1.24 bits per heavy atom. The SMILES string of the molecule is Cc1n[nH]c(C)c1[C@H](C)C(=O)O[C@@H](C)C(=O)Nc1cc(F)ccc1F. The van der Waals surface area contributed by atoms with E-state index in [1.165, 1.54) is 6.92 Å². The second-order valence-electron chi connectivity index (χ2n) is 5.76. The summed E-state index contributed by atoms with van der Waals surface area (Å²) in [5.74, 6) is -3.48. The first-order chi connectivity index (χ1) is 11.7. The molecular formula is C17H19F2N3O3. The Balaban J connectivity index is 2.03. The van der Waals surface area contributed by atoms with E-state index in [9.17, 15) is 18.4 Å². The van der Waals surface area contributed by atoms with Crippen molar-refractivity contribution in [2.75, 3.05) is 5.32 Å². The number of H-pyrrole nitrogens is 1. The molecule has 1 aromatic heterocycles. The molecule has 0 aliphatic heterocycles. The molecule has 0 bridgehead atoms. The van der Waals surface area contributed by atoms with Gasteiger partial charge in [0.1, 0.15) is 11.6 Å². The van der Waals surface area contributed by atoms with Crippen LogP contribution in [0.1, 0.15) is 36.7 Å². The van der Waals surface area contributed by atoms with Gasteiger partial charge >= 0.3 is 5.97 Å². The van der Waals surface area contributed by atoms with Crippen LogP contribution in [0.25, 0.3) is 0 Å². The van der Waals surface area contributed by atoms with E-state index in [0.29, 0.717) is 11.3 Å². The fourth-order valence-corrected chi connectivity index (χ4v) is 2.47. The van der Waals surface area contributed by atoms with Gasteiger partial charge in [-0.3, -0.25) is 14.7 Å². The number of carbonyl (C=O) groups excluding carboxylic acids is 2. The number of carbonyl (C=O) groups is 2. The second-order valence-corrected chi connectivity index (χ2v) is 5.76. The summed E-state index contributed by atoms with van der Waals surface area (Å²) in [7, 11) is 0. The molecule has 134 valence electrons. The number of ether oxygens (including phenoxy) is 1. The van der Waals surface area contributed by atoms with Crippen LogP contribution in [0.3, 0.4) is 0 Å². The van der Waals surface area contributed by atoms with Crippen LogP contribution in [0.5, 0.6) is 0 Å². The summed E-state index contributed by atoms with van der Waals surface area (Å²) in [4.78, 5) is 24.3. The topological polar surface area (TPSA) is 84.1 Å². The predicted molar refractivity (Wildman–Crippen MR) is 87.0 cm³/mol. The highest BCUT2D eigenvalue weighted by Crippen LogP contribution is 2.23. The van der Waals surface area contributed by atoms with Crippen molar-refractivity contribution in [2.45, 2.75) is 39.7 Å². The van der Waals surface area contributed by atoms with E-state index in [1.807, 2.05) is 0 Å². The molecule has 0 aliphatic carbocycles. The molecule has 6 nitrogen and oxygen atoms in total. The summed E-state index contributed by atoms with van der Waals surface area (Å²) in [6, 6.07) is 2.68. The van der Waals surface area contributed by atoms with Gasteiger partial charge in [0.15, 0.2) is 6.10 Å². The number of rotatable bonds is 5. The predicted octanol–water partition coefficient (Wildman–Crippen LogP) is 2.98. The summed E-state index contributed by atoms with van der Waals surface area (Å²) in [5.41, 5.74) is 1.79. The number of nitrogens with one attached hydrogen (secondary N) is 2. The van der Waals surface area contributed by atoms with E-state index >= 15 is 0 Å². The fraction of sp³-hybridized carbons (Fsp3) is 0.353. The molecule has 1 amide bonds. The first-order valence-corrected chi connectivity index (χ1v) is 7.68. The minimum absolute atomic E-state index is 0.317. The van der Waals surface area contributed by atoms with Crippen molar-refractivity contribution in [3.05, 3.63) is 46.8 Å². The van der Waals surface area contributed by atoms with Crippen molar-refractivity contribution in [3.8, 4) is 0 Å². The fourth-order valence-electron chi connectivity index (χ4n) is 2.47. The van der Waals surface area contributed by atoms with Crippen molar-refractivity contribution >= 4 is 17.6 Å². The molecule has 2 aromatic rings. The maximum atomic E-state index is 13.6. The third-order valence-electron chi connectivity index (χ3n) is 3.82. The zero-order chi connectivity index (χ0) is 18.7. The molecule has 2 atom stereocenters. The molecule has 2 rings (SSSR count). The van der Waals surface area contributed by atoms with Gasteiger partial charge in [-0.05, 0) is 39.8 Å². The number of hydrogen-bond donors (Lipinski definition) is 2. The van der Waals surface area contributed by atoms with E-state index in [1.54, 1.807) is 20.8 Å². The minimum Gasteiger partial charge on any atom is -0.452 e. The van der Waals surface area contributed by atoms with Gasteiger partial charge in [-0.15, -0.1) is 0 Å². The number of aromatic amines is 1. The van der Waals surface area contributed by atoms with Gasteiger partial charge in [-0.2, -0.15) is 5.10 Å². The first-order valence-electron chi connectivity index (χ1n) is 7.68. The lowest BCUT2D eigenvalue weighted by atomic mass is 9.99. The summed E-state index contributed by atoms with van der Waals surface area (Å²) < 4.78 is 31.8. The smallest absolute Gasteiger partial charge is 0.314 e. The maximum absolute atomic E-state index is 13.6. The zero-order valence-electron chi connectivity index (χ0n) is 14.3. The first kappa shape index (κ1) is 18.6. The summed E-state index contributed by atoms with van der Waals surface area (Å²) in [5, 5.41) is 9.00. The number of halogens is 2. The van der Waals surface area contributed by atoms with Crippen LogP contribution in [0.2, 0.25) is 0 Å². The normalized spacial score (nSPS) is 13.2. The Labute approximate surface area is 143 Å². The van der Waals surface area contributed by atoms with E-state index in [-0.39, 0.29) is 5.69 Å². The standard InChI is InChI=1S/C17H19F2N3O3/c1-8(15-9(2)21-22-10(15)3)17(24)25-11(4)16(23)20-14-7-12(18)5-6-13(14)19/h5-8,11H,1-4H3,(H,20,23)(H,21,22)/t8-,11-/m0/s1. The van der Waals surface area contributed by atoms with Crippen molar-refractivity contribution < 1.29 is 23.1 Å². The monoisotopic (exact) mass is 351 g/mol. The van der Waals surface area contributed by atoms with E-state index in [4.69, 9.17) is 4.74 Å². The molecule has 25 heavy (non-hydrogen) atoms. The number of aromatic nitrogens is 2. The van der Waals surface area contributed by atoms with Gasteiger partial charge in [0.2, 0.25) is 0 Å². The lowest BCUT2D eigenvalue weighted by Gasteiger charge is -2.17. The van der Waals surface area contributed by atoms with E-state index in [0.717, 1.165) is 23.9 Å². The van der Waals surface area contributed by atoms with Crippen LogP contribution >= 0.6 is 0 Å². The highest BCUT2D eigenvalue weighted by Gasteiger charge is 2.26. The zero-order valence-corrected chi connectivity index (χ0v) is 14.3. The lowest BCUT2D eigenvalue weighted by molar-refractivity contribution is -0.154. The molecule has 0 fully saturated rings. The van der Waals surface area contributed by atoms with Gasteiger partial charge in [0.05, 0.1) is 17.3 Å². The molecule has 0 aliphatic rings. The van der Waals surface area contributed by atoms with E-state index < -0.39 is 35.5 Å². The number of nitrogens with zero attached hydrogens (tertiary/aromatic N) is 1. The third-order valence-corrected chi connectivity index (χ3v) is 3.82. The summed E-state index contributed by atoms with van der Waals surface area (Å²) in [6.07, 6.45) is -1.18. The largest absolute Gasteiger partial charge is 0.452 e. The molecule has 0 saturated carbocycles. The van der Waals surface area contributed by atoms with Gasteiger partial charge in [0, 0.05) is 17.3 Å². The average molecular weight is 351 g/mol. The number of aryl methyl sites for hydroxylation is 2. The molecule has 0 unspecified atom stereocenters. The van der Waals surface area contributed by atoms with Gasteiger partial charge in [-0.25, -0.2) is 8.78 Å². The van der Waals surface area contributed by atoms with Crippen molar-refractivity contribution in [3.63, 3.8) is 0 Å². The van der Waals surface area contributed by atoms with Crippen LogP contribution in [-0.4, -0.2) is 28.2 Å². The number of hydrogen-bond acceptors (Lipinski definition) is 4. The second kappa shape index (κ2) is 7.42. The van der Waals surface area contributed by atoms with Crippen LogP contribution in [0.15, 0.2) is 18.2 Å². The molecule has 2 N–H and O–H groups in total. The quantitative estimate of drug-likeness (QED) is 0.811. The Kier molecular flexibility index (Phi) is 5.51. The molecule has 0 radical (unpaired) electrons. The van der Waals surface area contributed by atoms with Crippen molar-refractivity contribution in [1.82, 2.24) is 10.2 Å².